The first-order valence-corrected chi connectivity index (χ1v) is 7.06. The van der Waals surface area contributed by atoms with E-state index >= 15 is 0 Å². The molecule has 21 heavy (non-hydrogen) atoms. The van der Waals surface area contributed by atoms with Gasteiger partial charge in [-0.1, -0.05) is 11.6 Å². The van der Waals surface area contributed by atoms with Crippen LogP contribution in [0.3, 0.4) is 0 Å². The molecule has 0 fully saturated rings. The van der Waals surface area contributed by atoms with Gasteiger partial charge in [0.15, 0.2) is 0 Å². The molecule has 3 rings (SSSR count). The first-order valence-electron chi connectivity index (χ1n) is 7.06. The number of aromatic nitrogens is 6. The fourth-order valence-corrected chi connectivity index (χ4v) is 2.33. The number of rotatable bonds is 5. The van der Waals surface area contributed by atoms with Crippen molar-refractivity contribution in [1.29, 1.82) is 0 Å². The lowest BCUT2D eigenvalue weighted by Crippen LogP contribution is -2.26. The molecule has 0 spiro atoms. The second kappa shape index (κ2) is 6.29. The van der Waals surface area contributed by atoms with E-state index in [9.17, 15) is 4.79 Å². The molecular weight excluding hydrogens is 270 g/mol. The SMILES string of the molecule is O=C(NCCC1=CCCCC1)c1nc(-n2cnnc2)n[nH]1. The predicted octanol–water partition coefficient (Wildman–Crippen LogP) is 1.01. The summed E-state index contributed by atoms with van der Waals surface area (Å²) in [6.45, 7) is 0.618. The summed E-state index contributed by atoms with van der Waals surface area (Å²) in [5.74, 6) is 0.287. The number of amides is 1. The average Bonchev–Trinajstić information content (AvgIpc) is 3.19. The number of aromatic amines is 1. The maximum absolute atomic E-state index is 12.0. The molecule has 0 bridgehead atoms. The van der Waals surface area contributed by atoms with E-state index in [1.54, 1.807) is 0 Å². The Morgan fingerprint density at radius 1 is 1.33 bits per heavy atom. The van der Waals surface area contributed by atoms with Crippen molar-refractivity contribution < 1.29 is 4.79 Å². The summed E-state index contributed by atoms with van der Waals surface area (Å²) < 4.78 is 1.53. The minimum Gasteiger partial charge on any atom is -0.349 e. The molecule has 1 aliphatic carbocycles. The topological polar surface area (TPSA) is 101 Å². The summed E-state index contributed by atoms with van der Waals surface area (Å²) in [7, 11) is 0. The van der Waals surface area contributed by atoms with Crippen LogP contribution in [0.15, 0.2) is 24.3 Å². The lowest BCUT2D eigenvalue weighted by molar-refractivity contribution is 0.0944. The zero-order chi connectivity index (χ0) is 14.5. The van der Waals surface area contributed by atoms with Crippen molar-refractivity contribution in [1.82, 2.24) is 35.3 Å². The summed E-state index contributed by atoms with van der Waals surface area (Å²) in [6.07, 6.45) is 11.0. The molecule has 0 saturated carbocycles. The lowest BCUT2D eigenvalue weighted by atomic mass is 9.97. The molecule has 0 aromatic carbocycles. The Morgan fingerprint density at radius 3 is 2.95 bits per heavy atom. The maximum atomic E-state index is 12.0. The number of H-pyrrole nitrogens is 1. The molecule has 2 aromatic rings. The first-order chi connectivity index (χ1) is 10.3. The second-order valence-corrected chi connectivity index (χ2v) is 4.97. The molecule has 0 atom stereocenters. The third-order valence-corrected chi connectivity index (χ3v) is 3.46. The van der Waals surface area contributed by atoms with Crippen molar-refractivity contribution in [3.05, 3.63) is 30.1 Å². The minimum atomic E-state index is -0.252. The number of carbonyl (C=O) groups excluding carboxylic acids is 1. The van der Waals surface area contributed by atoms with Gasteiger partial charge in [0.05, 0.1) is 0 Å². The van der Waals surface area contributed by atoms with Crippen LogP contribution >= 0.6 is 0 Å². The standard InChI is InChI=1S/C13H17N7O/c21-12(14-7-6-10-4-2-1-3-5-10)11-17-13(19-18-11)20-8-15-16-9-20/h4,8-9H,1-3,5-7H2,(H,14,21)(H,17,18,19). The highest BCUT2D eigenvalue weighted by Gasteiger charge is 2.12. The summed E-state index contributed by atoms with van der Waals surface area (Å²) in [5, 5.41) is 16.8. The van der Waals surface area contributed by atoms with Crippen molar-refractivity contribution >= 4 is 5.91 Å². The van der Waals surface area contributed by atoms with Crippen LogP contribution in [-0.2, 0) is 0 Å². The summed E-state index contributed by atoms with van der Waals surface area (Å²) in [4.78, 5) is 16.1. The third kappa shape index (κ3) is 3.33. The quantitative estimate of drug-likeness (QED) is 0.799. The van der Waals surface area contributed by atoms with Crippen molar-refractivity contribution in [3.63, 3.8) is 0 Å². The molecule has 0 aliphatic heterocycles. The van der Waals surface area contributed by atoms with Gasteiger partial charge in [0.1, 0.15) is 12.7 Å². The van der Waals surface area contributed by atoms with E-state index < -0.39 is 0 Å². The fourth-order valence-electron chi connectivity index (χ4n) is 2.33. The molecule has 8 nitrogen and oxygen atoms in total. The summed E-state index contributed by atoms with van der Waals surface area (Å²) >= 11 is 0. The van der Waals surface area contributed by atoms with Crippen LogP contribution in [0.4, 0.5) is 0 Å². The zero-order valence-electron chi connectivity index (χ0n) is 11.6. The van der Waals surface area contributed by atoms with Crippen LogP contribution in [0.5, 0.6) is 0 Å². The minimum absolute atomic E-state index is 0.191. The smallest absolute Gasteiger partial charge is 0.288 e. The van der Waals surface area contributed by atoms with E-state index in [0.29, 0.717) is 12.5 Å². The van der Waals surface area contributed by atoms with E-state index in [-0.39, 0.29) is 11.7 Å². The van der Waals surface area contributed by atoms with E-state index in [0.717, 1.165) is 19.3 Å². The van der Waals surface area contributed by atoms with Gasteiger partial charge in [0, 0.05) is 6.54 Å². The van der Waals surface area contributed by atoms with Gasteiger partial charge in [-0.25, -0.2) is 0 Å². The van der Waals surface area contributed by atoms with E-state index in [2.05, 4.69) is 36.8 Å². The third-order valence-electron chi connectivity index (χ3n) is 3.46. The Kier molecular flexibility index (Phi) is 4.04. The van der Waals surface area contributed by atoms with Crippen LogP contribution < -0.4 is 5.32 Å². The van der Waals surface area contributed by atoms with Crippen molar-refractivity contribution in [2.24, 2.45) is 0 Å². The Hall–Kier alpha value is -2.51. The molecule has 1 aliphatic rings. The van der Waals surface area contributed by atoms with Gasteiger partial charge in [-0.2, -0.15) is 4.98 Å². The Balaban J connectivity index is 1.52. The van der Waals surface area contributed by atoms with Gasteiger partial charge in [-0.15, -0.1) is 15.3 Å². The number of allylic oxidation sites excluding steroid dienone is 1. The van der Waals surface area contributed by atoms with Gasteiger partial charge in [0.2, 0.25) is 5.82 Å². The maximum Gasteiger partial charge on any atom is 0.288 e. The number of hydrogen-bond donors (Lipinski definition) is 2. The molecule has 0 radical (unpaired) electrons. The van der Waals surface area contributed by atoms with Crippen molar-refractivity contribution in [3.8, 4) is 5.95 Å². The lowest BCUT2D eigenvalue weighted by Gasteiger charge is -2.12. The van der Waals surface area contributed by atoms with Gasteiger partial charge in [-0.05, 0) is 32.1 Å². The van der Waals surface area contributed by atoms with Gasteiger partial charge in [-0.3, -0.25) is 14.5 Å². The molecular formula is C13H17N7O. The van der Waals surface area contributed by atoms with E-state index in [1.807, 2.05) is 0 Å². The van der Waals surface area contributed by atoms with Gasteiger partial charge >= 0.3 is 0 Å². The van der Waals surface area contributed by atoms with Crippen LogP contribution in [0.2, 0.25) is 0 Å². The molecule has 2 aromatic heterocycles. The largest absolute Gasteiger partial charge is 0.349 e. The highest BCUT2D eigenvalue weighted by atomic mass is 16.2. The van der Waals surface area contributed by atoms with Crippen molar-refractivity contribution in [2.75, 3.05) is 6.54 Å². The molecule has 1 amide bonds. The molecule has 8 heteroatoms. The van der Waals surface area contributed by atoms with Crippen LogP contribution in [0.25, 0.3) is 5.95 Å². The predicted molar refractivity (Wildman–Crippen MR) is 74.8 cm³/mol. The van der Waals surface area contributed by atoms with Crippen LogP contribution in [0.1, 0.15) is 42.7 Å². The average molecular weight is 287 g/mol. The molecule has 0 unspecified atom stereocenters. The van der Waals surface area contributed by atoms with Crippen LogP contribution in [0, 0.1) is 0 Å². The second-order valence-electron chi connectivity index (χ2n) is 4.97. The zero-order valence-corrected chi connectivity index (χ0v) is 11.6. The molecule has 0 saturated heterocycles. The monoisotopic (exact) mass is 287 g/mol. The van der Waals surface area contributed by atoms with Gasteiger partial charge in [0.25, 0.3) is 11.9 Å². The van der Waals surface area contributed by atoms with E-state index in [1.165, 1.54) is 35.6 Å². The Morgan fingerprint density at radius 2 is 2.19 bits per heavy atom. The van der Waals surface area contributed by atoms with Crippen LogP contribution in [-0.4, -0.2) is 42.4 Å². The number of hydrogen-bond acceptors (Lipinski definition) is 5. The molecule has 2 heterocycles. The van der Waals surface area contributed by atoms with Crippen molar-refractivity contribution in [2.45, 2.75) is 32.1 Å². The summed E-state index contributed by atoms with van der Waals surface area (Å²) in [6, 6.07) is 0. The number of nitrogens with zero attached hydrogens (tertiary/aromatic N) is 5. The Bertz CT molecular complexity index is 629. The number of nitrogens with one attached hydrogen (secondary N) is 2. The first kappa shape index (κ1) is 13.5. The molecule has 110 valence electrons. The normalized spacial score (nSPS) is 14.8. The Labute approximate surface area is 121 Å². The highest BCUT2D eigenvalue weighted by Crippen LogP contribution is 2.19. The fraction of sp³-hybridized carbons (Fsp3) is 0.462. The number of carbonyl (C=O) groups is 1. The summed E-state index contributed by atoms with van der Waals surface area (Å²) in [5.41, 5.74) is 1.43. The highest BCUT2D eigenvalue weighted by molar-refractivity contribution is 5.90. The molecule has 2 N–H and O–H groups in total. The van der Waals surface area contributed by atoms with Gasteiger partial charge < -0.3 is 5.32 Å². The van der Waals surface area contributed by atoms with E-state index in [4.69, 9.17) is 0 Å².